The molecular formula is C26H24ClN3O3. The number of amides is 1. The smallest absolute Gasteiger partial charge is 0.266 e. The number of carbonyl (C=O) groups excluding carboxylic acids is 1. The molecule has 0 saturated carbocycles. The maximum atomic E-state index is 13.7. The molecule has 3 aromatic carbocycles. The number of aromatic nitrogens is 2. The number of hydrogen-bond acceptors (Lipinski definition) is 4. The van der Waals surface area contributed by atoms with Gasteiger partial charge in [-0.25, -0.2) is 4.98 Å². The molecule has 0 N–H and O–H groups in total. The lowest BCUT2D eigenvalue weighted by molar-refractivity contribution is 0.0735. The maximum absolute atomic E-state index is 13.7. The fraction of sp³-hybridized carbons (Fsp3) is 0.192. The van der Waals surface area contributed by atoms with Gasteiger partial charge in [-0.1, -0.05) is 48.0 Å². The number of fused-ring (bicyclic) bond motifs is 1. The molecule has 1 atom stereocenters. The van der Waals surface area contributed by atoms with Crippen molar-refractivity contribution in [3.8, 4) is 11.4 Å². The van der Waals surface area contributed by atoms with Crippen LogP contribution in [0.3, 0.4) is 0 Å². The van der Waals surface area contributed by atoms with Crippen molar-refractivity contribution in [3.05, 3.63) is 99.6 Å². The Kier molecular flexibility index (Phi) is 6.47. The first-order valence-electron chi connectivity index (χ1n) is 10.7. The van der Waals surface area contributed by atoms with Crippen molar-refractivity contribution >= 4 is 28.4 Å². The van der Waals surface area contributed by atoms with Crippen molar-refractivity contribution in [2.75, 3.05) is 13.7 Å². The number of nitrogens with zero attached hydrogens (tertiary/aromatic N) is 3. The van der Waals surface area contributed by atoms with E-state index in [0.29, 0.717) is 45.4 Å². The van der Waals surface area contributed by atoms with Crippen LogP contribution in [-0.2, 0) is 0 Å². The molecule has 6 nitrogen and oxygen atoms in total. The molecule has 1 aromatic heterocycles. The monoisotopic (exact) mass is 461 g/mol. The van der Waals surface area contributed by atoms with Crippen molar-refractivity contribution in [3.63, 3.8) is 0 Å². The molecule has 0 aliphatic heterocycles. The predicted octanol–water partition coefficient (Wildman–Crippen LogP) is 5.27. The predicted molar refractivity (Wildman–Crippen MR) is 130 cm³/mol. The third-order valence-corrected chi connectivity index (χ3v) is 5.92. The van der Waals surface area contributed by atoms with Crippen LogP contribution in [0.25, 0.3) is 16.6 Å². The van der Waals surface area contributed by atoms with Gasteiger partial charge in [0.25, 0.3) is 11.5 Å². The minimum absolute atomic E-state index is 0.229. The Bertz CT molecular complexity index is 1380. The fourth-order valence-corrected chi connectivity index (χ4v) is 3.97. The Morgan fingerprint density at radius 3 is 2.48 bits per heavy atom. The molecule has 0 radical (unpaired) electrons. The third-order valence-electron chi connectivity index (χ3n) is 5.59. The van der Waals surface area contributed by atoms with E-state index >= 15 is 0 Å². The number of rotatable bonds is 6. The van der Waals surface area contributed by atoms with Gasteiger partial charge in [-0.05, 0) is 50.2 Å². The molecule has 0 aliphatic rings. The first kappa shape index (κ1) is 22.6. The molecule has 168 valence electrons. The van der Waals surface area contributed by atoms with E-state index in [0.717, 1.165) is 0 Å². The van der Waals surface area contributed by atoms with Gasteiger partial charge in [0.1, 0.15) is 11.6 Å². The van der Waals surface area contributed by atoms with Crippen LogP contribution in [0.4, 0.5) is 0 Å². The third kappa shape index (κ3) is 4.22. The lowest BCUT2D eigenvalue weighted by Gasteiger charge is -2.27. The molecule has 0 saturated heterocycles. The van der Waals surface area contributed by atoms with Gasteiger partial charge in [-0.3, -0.25) is 14.2 Å². The lowest BCUT2D eigenvalue weighted by atomic mass is 10.1. The minimum Gasteiger partial charge on any atom is -0.492 e. The fourth-order valence-electron chi connectivity index (χ4n) is 3.76. The maximum Gasteiger partial charge on any atom is 0.266 e. The summed E-state index contributed by atoms with van der Waals surface area (Å²) in [6.07, 6.45) is 0. The number of benzene rings is 3. The van der Waals surface area contributed by atoms with E-state index in [9.17, 15) is 9.59 Å². The normalized spacial score (nSPS) is 11.9. The minimum atomic E-state index is -0.541. The molecule has 1 amide bonds. The summed E-state index contributed by atoms with van der Waals surface area (Å²) in [5.74, 6) is 0.724. The highest BCUT2D eigenvalue weighted by molar-refractivity contribution is 6.33. The second kappa shape index (κ2) is 9.46. The largest absolute Gasteiger partial charge is 0.492 e. The topological polar surface area (TPSA) is 64.4 Å². The molecule has 4 aromatic rings. The van der Waals surface area contributed by atoms with Gasteiger partial charge in [0, 0.05) is 7.05 Å². The van der Waals surface area contributed by atoms with E-state index in [-0.39, 0.29) is 11.5 Å². The summed E-state index contributed by atoms with van der Waals surface area (Å²) >= 11 is 6.27. The van der Waals surface area contributed by atoms with Crippen molar-refractivity contribution < 1.29 is 9.53 Å². The highest BCUT2D eigenvalue weighted by atomic mass is 35.5. The molecule has 7 heteroatoms. The zero-order valence-electron chi connectivity index (χ0n) is 18.7. The van der Waals surface area contributed by atoms with Gasteiger partial charge in [0.15, 0.2) is 0 Å². The zero-order valence-corrected chi connectivity index (χ0v) is 19.4. The summed E-state index contributed by atoms with van der Waals surface area (Å²) in [5.41, 5.74) is 1.29. The second-order valence-corrected chi connectivity index (χ2v) is 8.01. The number of halogens is 1. The number of para-hydroxylation sites is 3. The highest BCUT2D eigenvalue weighted by Crippen LogP contribution is 2.28. The summed E-state index contributed by atoms with van der Waals surface area (Å²) in [6.45, 7) is 4.17. The average Bonchev–Trinajstić information content (AvgIpc) is 2.84. The molecule has 0 spiro atoms. The summed E-state index contributed by atoms with van der Waals surface area (Å²) in [6, 6.07) is 20.9. The second-order valence-electron chi connectivity index (χ2n) is 7.60. The van der Waals surface area contributed by atoms with E-state index < -0.39 is 6.04 Å². The molecule has 4 rings (SSSR count). The van der Waals surface area contributed by atoms with Crippen molar-refractivity contribution in [2.24, 2.45) is 0 Å². The van der Waals surface area contributed by atoms with Crippen molar-refractivity contribution in [1.29, 1.82) is 0 Å². The molecular weight excluding hydrogens is 438 g/mol. The van der Waals surface area contributed by atoms with Gasteiger partial charge in [0.05, 0.1) is 39.8 Å². The van der Waals surface area contributed by atoms with Crippen molar-refractivity contribution in [2.45, 2.75) is 19.9 Å². The zero-order chi connectivity index (χ0) is 23.5. The van der Waals surface area contributed by atoms with Gasteiger partial charge in [-0.15, -0.1) is 0 Å². The molecule has 0 fully saturated rings. The number of carbonyl (C=O) groups is 1. The Labute approximate surface area is 197 Å². The summed E-state index contributed by atoms with van der Waals surface area (Å²) in [5, 5.41) is 0.854. The van der Waals surface area contributed by atoms with Crippen LogP contribution in [-0.4, -0.2) is 34.0 Å². The van der Waals surface area contributed by atoms with Crippen LogP contribution in [0.15, 0.2) is 77.6 Å². The van der Waals surface area contributed by atoms with E-state index in [2.05, 4.69) is 0 Å². The Balaban J connectivity index is 1.92. The number of hydrogen-bond donors (Lipinski definition) is 0. The van der Waals surface area contributed by atoms with Crippen LogP contribution in [0.1, 0.15) is 36.1 Å². The molecule has 0 aliphatic carbocycles. The summed E-state index contributed by atoms with van der Waals surface area (Å²) < 4.78 is 7.34. The Morgan fingerprint density at radius 1 is 1.06 bits per heavy atom. The molecule has 0 bridgehead atoms. The van der Waals surface area contributed by atoms with Crippen LogP contribution < -0.4 is 10.3 Å². The number of ether oxygens (including phenoxy) is 1. The molecule has 1 unspecified atom stereocenters. The van der Waals surface area contributed by atoms with E-state index in [1.807, 2.05) is 44.2 Å². The molecule has 33 heavy (non-hydrogen) atoms. The lowest BCUT2D eigenvalue weighted by Crippen LogP contribution is -2.35. The van der Waals surface area contributed by atoms with Crippen molar-refractivity contribution in [1.82, 2.24) is 14.5 Å². The van der Waals surface area contributed by atoms with E-state index in [1.54, 1.807) is 49.5 Å². The Morgan fingerprint density at radius 2 is 1.73 bits per heavy atom. The van der Waals surface area contributed by atoms with Gasteiger partial charge in [0.2, 0.25) is 0 Å². The standard InChI is InChI=1S/C26H24ClN3O3/c1-4-33-23-16-10-9-15-22(23)30-24(28-21-14-8-6-12-19(21)26(30)32)17(2)29(3)25(31)18-11-5-7-13-20(18)27/h5-17H,4H2,1-3H3. The van der Waals surface area contributed by atoms with Gasteiger partial charge in [-0.2, -0.15) is 0 Å². The van der Waals surface area contributed by atoms with Crippen LogP contribution in [0, 0.1) is 0 Å². The Hall–Kier alpha value is -3.64. The SMILES string of the molecule is CCOc1ccccc1-n1c(C(C)N(C)C(=O)c2ccccc2Cl)nc2ccccc2c1=O. The summed E-state index contributed by atoms with van der Waals surface area (Å²) in [7, 11) is 1.68. The average molecular weight is 462 g/mol. The van der Waals surface area contributed by atoms with Gasteiger partial charge >= 0.3 is 0 Å². The summed E-state index contributed by atoms with van der Waals surface area (Å²) in [4.78, 5) is 33.3. The first-order chi connectivity index (χ1) is 15.9. The van der Waals surface area contributed by atoms with Gasteiger partial charge < -0.3 is 9.64 Å². The van der Waals surface area contributed by atoms with Crippen LogP contribution in [0.2, 0.25) is 5.02 Å². The highest BCUT2D eigenvalue weighted by Gasteiger charge is 2.26. The van der Waals surface area contributed by atoms with Crippen LogP contribution in [0.5, 0.6) is 5.75 Å². The molecule has 1 heterocycles. The first-order valence-corrected chi connectivity index (χ1v) is 11.1. The van der Waals surface area contributed by atoms with E-state index in [1.165, 1.54) is 9.47 Å². The van der Waals surface area contributed by atoms with E-state index in [4.69, 9.17) is 21.3 Å². The van der Waals surface area contributed by atoms with Crippen LogP contribution >= 0.6 is 11.6 Å². The quantitative estimate of drug-likeness (QED) is 0.392.